The van der Waals surface area contributed by atoms with Crippen molar-refractivity contribution >= 4 is 29.3 Å². The van der Waals surface area contributed by atoms with Crippen LogP contribution in [0.4, 0.5) is 0 Å². The number of hydrogen-bond donors (Lipinski definition) is 1. The third-order valence-electron chi connectivity index (χ3n) is 5.62. The minimum absolute atomic E-state index is 0.100. The molecule has 1 saturated heterocycles. The summed E-state index contributed by atoms with van der Waals surface area (Å²) in [5.41, 5.74) is 2.83. The number of nitrogens with one attached hydrogen (secondary N) is 1. The fourth-order valence-electron chi connectivity index (χ4n) is 3.94. The summed E-state index contributed by atoms with van der Waals surface area (Å²) >= 11 is 7.49. The zero-order valence-corrected chi connectivity index (χ0v) is 18.6. The van der Waals surface area contributed by atoms with Crippen molar-refractivity contribution in [2.45, 2.75) is 30.8 Å². The van der Waals surface area contributed by atoms with Gasteiger partial charge in [0.2, 0.25) is 5.91 Å². The quantitative estimate of drug-likeness (QED) is 0.536. The molecule has 7 nitrogen and oxygen atoms in total. The van der Waals surface area contributed by atoms with Crippen molar-refractivity contribution in [2.24, 2.45) is 0 Å². The van der Waals surface area contributed by atoms with Crippen LogP contribution >= 0.6 is 23.4 Å². The second kappa shape index (κ2) is 9.41. The van der Waals surface area contributed by atoms with E-state index in [0.29, 0.717) is 16.6 Å². The van der Waals surface area contributed by atoms with Crippen molar-refractivity contribution in [1.29, 1.82) is 0 Å². The third-order valence-corrected chi connectivity index (χ3v) is 7.00. The zero-order valence-electron chi connectivity index (χ0n) is 17.1. The first kappa shape index (κ1) is 21.2. The summed E-state index contributed by atoms with van der Waals surface area (Å²) in [6.07, 6.45) is 2.80. The third kappa shape index (κ3) is 4.66. The van der Waals surface area contributed by atoms with Crippen molar-refractivity contribution < 1.29 is 4.79 Å². The lowest BCUT2D eigenvalue weighted by Crippen LogP contribution is -2.54. The largest absolute Gasteiger partial charge is 0.367 e. The number of halogens is 1. The maximum atomic E-state index is 12.8. The number of amides is 1. The topological polar surface area (TPSA) is 70.5 Å². The molecule has 1 amide bonds. The van der Waals surface area contributed by atoms with Crippen LogP contribution in [-0.2, 0) is 24.2 Å². The Hall–Kier alpha value is -2.03. The number of thioether (sulfide) groups is 1. The molecule has 1 aliphatic carbocycles. The average Bonchev–Trinajstić information content (AvgIpc) is 3.22. The van der Waals surface area contributed by atoms with Crippen LogP contribution in [0.25, 0.3) is 0 Å². The standard InChI is InChI=1S/C21H26ClN5O2S/c1-25-9-11-26(12-10-25)27-18-8-4-6-16(18)20(24-21(27)29)30-14-19(28)23-13-15-5-2-3-7-17(15)22/h2-3,5,7H,4,6,8-14H2,1H3,(H,23,28). The van der Waals surface area contributed by atoms with Gasteiger partial charge in [-0.2, -0.15) is 4.98 Å². The number of nitrogens with zero attached hydrogens (tertiary/aromatic N) is 4. The van der Waals surface area contributed by atoms with Crippen molar-refractivity contribution in [3.8, 4) is 0 Å². The minimum atomic E-state index is -0.237. The Morgan fingerprint density at radius 1 is 1.20 bits per heavy atom. The molecule has 0 spiro atoms. The van der Waals surface area contributed by atoms with Gasteiger partial charge in [-0.25, -0.2) is 9.47 Å². The molecular formula is C21H26ClN5O2S. The molecule has 2 aromatic rings. The van der Waals surface area contributed by atoms with Gasteiger partial charge in [0.15, 0.2) is 0 Å². The lowest BCUT2D eigenvalue weighted by Gasteiger charge is -2.35. The first-order chi connectivity index (χ1) is 14.5. The van der Waals surface area contributed by atoms with Gasteiger partial charge in [0.25, 0.3) is 0 Å². The molecule has 2 heterocycles. The molecule has 1 fully saturated rings. The molecule has 1 N–H and O–H groups in total. The van der Waals surface area contributed by atoms with Crippen LogP contribution in [0.3, 0.4) is 0 Å². The summed E-state index contributed by atoms with van der Waals surface area (Å²) in [5.74, 6) is 0.124. The van der Waals surface area contributed by atoms with Crippen LogP contribution in [0.5, 0.6) is 0 Å². The van der Waals surface area contributed by atoms with Crippen LogP contribution in [0, 0.1) is 0 Å². The number of rotatable bonds is 6. The fraction of sp³-hybridized carbons (Fsp3) is 0.476. The first-order valence-electron chi connectivity index (χ1n) is 10.2. The van der Waals surface area contributed by atoms with Crippen molar-refractivity contribution in [2.75, 3.05) is 44.0 Å². The highest BCUT2D eigenvalue weighted by atomic mass is 35.5. The van der Waals surface area contributed by atoms with Gasteiger partial charge in [-0.3, -0.25) is 4.79 Å². The number of likely N-dealkylation sites (N-methyl/N-ethyl adjacent to an activating group) is 1. The number of carbonyl (C=O) groups excluding carboxylic acids is 1. The average molecular weight is 448 g/mol. The summed E-state index contributed by atoms with van der Waals surface area (Å²) in [4.78, 5) is 31.8. The number of benzene rings is 1. The Balaban J connectivity index is 1.43. The van der Waals surface area contributed by atoms with E-state index >= 15 is 0 Å². The molecule has 4 rings (SSSR count). The van der Waals surface area contributed by atoms with E-state index in [9.17, 15) is 9.59 Å². The zero-order chi connectivity index (χ0) is 21.1. The van der Waals surface area contributed by atoms with E-state index in [1.54, 1.807) is 10.7 Å². The van der Waals surface area contributed by atoms with Gasteiger partial charge in [-0.1, -0.05) is 41.6 Å². The van der Waals surface area contributed by atoms with Crippen molar-refractivity contribution in [1.82, 2.24) is 19.9 Å². The van der Waals surface area contributed by atoms with E-state index < -0.39 is 0 Å². The monoisotopic (exact) mass is 447 g/mol. The van der Waals surface area contributed by atoms with E-state index in [0.717, 1.165) is 62.3 Å². The summed E-state index contributed by atoms with van der Waals surface area (Å²) in [7, 11) is 2.10. The highest BCUT2D eigenvalue weighted by molar-refractivity contribution is 7.99. The Bertz CT molecular complexity index is 988. The Kier molecular flexibility index (Phi) is 6.65. The molecular weight excluding hydrogens is 422 g/mol. The second-order valence-electron chi connectivity index (χ2n) is 7.70. The van der Waals surface area contributed by atoms with Crippen LogP contribution in [0.15, 0.2) is 34.1 Å². The molecule has 30 heavy (non-hydrogen) atoms. The lowest BCUT2D eigenvalue weighted by atomic mass is 10.2. The maximum Gasteiger partial charge on any atom is 0.367 e. The Morgan fingerprint density at radius 3 is 2.73 bits per heavy atom. The van der Waals surface area contributed by atoms with E-state index in [-0.39, 0.29) is 17.3 Å². The van der Waals surface area contributed by atoms with Gasteiger partial charge in [-0.15, -0.1) is 0 Å². The highest BCUT2D eigenvalue weighted by Crippen LogP contribution is 2.29. The SMILES string of the molecule is CN1CCN(n2c3c(c(SCC(=O)NCc4ccccc4Cl)nc2=O)CCC3)CC1. The number of hydrogen-bond acceptors (Lipinski definition) is 6. The van der Waals surface area contributed by atoms with E-state index in [1.807, 2.05) is 18.2 Å². The van der Waals surface area contributed by atoms with Crippen LogP contribution in [0.1, 0.15) is 23.2 Å². The Morgan fingerprint density at radius 2 is 1.97 bits per heavy atom. The van der Waals surface area contributed by atoms with Gasteiger partial charge < -0.3 is 15.2 Å². The molecule has 160 valence electrons. The number of piperazine rings is 1. The molecule has 0 unspecified atom stereocenters. The van der Waals surface area contributed by atoms with Crippen LogP contribution in [0.2, 0.25) is 5.02 Å². The Labute approximate surface area is 185 Å². The van der Waals surface area contributed by atoms with Crippen LogP contribution in [-0.4, -0.2) is 59.4 Å². The minimum Gasteiger partial charge on any atom is -0.351 e. The van der Waals surface area contributed by atoms with Gasteiger partial charge in [-0.05, 0) is 37.9 Å². The fourth-order valence-corrected chi connectivity index (χ4v) is 5.05. The van der Waals surface area contributed by atoms with Crippen molar-refractivity contribution in [3.63, 3.8) is 0 Å². The normalized spacial score (nSPS) is 16.5. The number of aromatic nitrogens is 2. The predicted octanol–water partition coefficient (Wildman–Crippen LogP) is 1.68. The molecule has 1 aromatic carbocycles. The van der Waals surface area contributed by atoms with Gasteiger partial charge >= 0.3 is 5.69 Å². The number of fused-ring (bicyclic) bond motifs is 1. The molecule has 1 aliphatic heterocycles. The molecule has 0 saturated carbocycles. The summed E-state index contributed by atoms with van der Waals surface area (Å²) < 4.78 is 1.79. The molecule has 0 atom stereocenters. The van der Waals surface area contributed by atoms with Gasteiger partial charge in [0.1, 0.15) is 5.03 Å². The summed E-state index contributed by atoms with van der Waals surface area (Å²) in [5, 5.41) is 6.34. The summed E-state index contributed by atoms with van der Waals surface area (Å²) in [6.45, 7) is 3.89. The molecule has 9 heteroatoms. The van der Waals surface area contributed by atoms with Crippen molar-refractivity contribution in [3.05, 3.63) is 56.6 Å². The molecule has 0 radical (unpaired) electrons. The molecule has 1 aromatic heterocycles. The van der Waals surface area contributed by atoms with E-state index in [2.05, 4.69) is 27.3 Å². The smallest absolute Gasteiger partial charge is 0.351 e. The molecule has 0 bridgehead atoms. The number of carbonyl (C=O) groups is 1. The second-order valence-corrected chi connectivity index (χ2v) is 9.08. The van der Waals surface area contributed by atoms with E-state index in [1.165, 1.54) is 11.8 Å². The highest BCUT2D eigenvalue weighted by Gasteiger charge is 2.26. The molecule has 2 aliphatic rings. The summed E-state index contributed by atoms with van der Waals surface area (Å²) in [6, 6.07) is 7.45. The maximum absolute atomic E-state index is 12.8. The van der Waals surface area contributed by atoms with Gasteiger partial charge in [0.05, 0.1) is 11.4 Å². The van der Waals surface area contributed by atoms with E-state index in [4.69, 9.17) is 11.6 Å². The van der Waals surface area contributed by atoms with Gasteiger partial charge in [0, 0.05) is 43.3 Å². The lowest BCUT2D eigenvalue weighted by molar-refractivity contribution is -0.118. The first-order valence-corrected chi connectivity index (χ1v) is 11.6. The predicted molar refractivity (Wildman–Crippen MR) is 120 cm³/mol. The van der Waals surface area contributed by atoms with Crippen LogP contribution < -0.4 is 16.0 Å².